The molecule has 0 radical (unpaired) electrons. The third-order valence-electron chi connectivity index (χ3n) is 10.9. The van der Waals surface area contributed by atoms with Crippen LogP contribution in [0.25, 0.3) is 93.1 Å². The maximum absolute atomic E-state index is 5.42. The largest absolute Gasteiger partial charge is 0.281 e. The maximum atomic E-state index is 5.42. The first-order chi connectivity index (χ1) is 26.8. The maximum Gasteiger partial charge on any atom is 0.235 e. The second-order valence-corrected chi connectivity index (χ2v) is 15.1. The van der Waals surface area contributed by atoms with Gasteiger partial charge in [-0.2, -0.15) is 0 Å². The predicted octanol–water partition coefficient (Wildman–Crippen LogP) is 13.4. The number of nitrogens with zero attached hydrogens (tertiary/aromatic N) is 3. The molecule has 0 fully saturated rings. The number of rotatable bonds is 5. The zero-order valence-corrected chi connectivity index (χ0v) is 30.2. The summed E-state index contributed by atoms with van der Waals surface area (Å²) in [7, 11) is 0. The van der Waals surface area contributed by atoms with Gasteiger partial charge in [0.05, 0.1) is 16.9 Å². The van der Waals surface area contributed by atoms with Crippen LogP contribution in [0.5, 0.6) is 0 Å². The van der Waals surface area contributed by atoms with Gasteiger partial charge in [0.2, 0.25) is 5.95 Å². The molecule has 0 N–H and O–H groups in total. The van der Waals surface area contributed by atoms with Crippen molar-refractivity contribution in [1.82, 2.24) is 14.5 Å². The molecule has 1 aliphatic rings. The average molecular weight is 708 g/mol. The summed E-state index contributed by atoms with van der Waals surface area (Å²) in [5, 5.41) is 6.38. The molecule has 0 saturated carbocycles. The van der Waals surface area contributed by atoms with Gasteiger partial charge in [0.25, 0.3) is 0 Å². The summed E-state index contributed by atoms with van der Waals surface area (Å²) >= 11 is 1.90. The Kier molecular flexibility index (Phi) is 7.17. The summed E-state index contributed by atoms with van der Waals surface area (Å²) < 4.78 is 5.04. The fourth-order valence-electron chi connectivity index (χ4n) is 8.42. The van der Waals surface area contributed by atoms with Gasteiger partial charge < -0.3 is 0 Å². The Morgan fingerprint density at radius 1 is 0.463 bits per heavy atom. The number of benzene rings is 7. The van der Waals surface area contributed by atoms with Crippen LogP contribution in [0.3, 0.4) is 0 Å². The van der Waals surface area contributed by atoms with E-state index in [1.807, 2.05) is 11.3 Å². The standard InChI is InChI=1S/C50H33N3S/c1-4-14-32(15-5-1)33-24-26-34(27-25-33)37-28-29-44-41(30-37)46-47-40-22-12-13-23-45(40)54-49(47)39-21-11-10-20-38(39)48(46)53(44)50-51-42(35-16-6-2-7-17-35)31-43(52-50)36-18-8-3-9-19-36/h1-27,30-31H,28-29H2. The van der Waals surface area contributed by atoms with Gasteiger partial charge >= 0.3 is 0 Å². The number of thiophene rings is 1. The van der Waals surface area contributed by atoms with Crippen LogP contribution in [0, 0.1) is 0 Å². The third kappa shape index (κ3) is 4.95. The van der Waals surface area contributed by atoms with Crippen LogP contribution in [0.2, 0.25) is 0 Å². The van der Waals surface area contributed by atoms with E-state index in [0.717, 1.165) is 35.4 Å². The summed E-state index contributed by atoms with van der Waals surface area (Å²) in [6.07, 6.45) is 4.26. The van der Waals surface area contributed by atoms with E-state index >= 15 is 0 Å². The molecular weight excluding hydrogens is 675 g/mol. The van der Waals surface area contributed by atoms with Gasteiger partial charge in [-0.3, -0.25) is 4.57 Å². The van der Waals surface area contributed by atoms with E-state index in [1.165, 1.54) is 75.4 Å². The Bertz CT molecular complexity index is 3010. The van der Waals surface area contributed by atoms with Crippen molar-refractivity contribution in [2.24, 2.45) is 0 Å². The van der Waals surface area contributed by atoms with Gasteiger partial charge in [0, 0.05) is 58.7 Å². The highest BCUT2D eigenvalue weighted by Crippen LogP contribution is 2.49. The normalized spacial score (nSPS) is 12.8. The first kappa shape index (κ1) is 31.0. The molecule has 1 aliphatic carbocycles. The second-order valence-electron chi connectivity index (χ2n) is 14.1. The molecule has 3 nitrogen and oxygen atoms in total. The van der Waals surface area contributed by atoms with E-state index in [0.29, 0.717) is 5.95 Å². The lowest BCUT2D eigenvalue weighted by molar-refractivity contribution is 0.856. The molecule has 0 spiro atoms. The van der Waals surface area contributed by atoms with Gasteiger partial charge in [-0.1, -0.05) is 158 Å². The van der Waals surface area contributed by atoms with Crippen LogP contribution < -0.4 is 0 Å². The van der Waals surface area contributed by atoms with Gasteiger partial charge in [-0.25, -0.2) is 9.97 Å². The summed E-state index contributed by atoms with van der Waals surface area (Å²) in [4.78, 5) is 10.8. The molecule has 0 saturated heterocycles. The fourth-order valence-corrected chi connectivity index (χ4v) is 9.67. The van der Waals surface area contributed by atoms with E-state index in [4.69, 9.17) is 9.97 Å². The summed E-state index contributed by atoms with van der Waals surface area (Å²) in [6.45, 7) is 0. The fraction of sp³-hybridized carbons (Fsp3) is 0.0400. The molecule has 7 aromatic carbocycles. The van der Waals surface area contributed by atoms with Crippen molar-refractivity contribution in [2.75, 3.05) is 0 Å². The van der Waals surface area contributed by atoms with Crippen LogP contribution >= 0.6 is 11.3 Å². The summed E-state index contributed by atoms with van der Waals surface area (Å²) in [5.74, 6) is 0.703. The van der Waals surface area contributed by atoms with Gasteiger partial charge in [0.15, 0.2) is 0 Å². The number of aromatic nitrogens is 3. The minimum atomic E-state index is 0.703. The van der Waals surface area contributed by atoms with Crippen molar-refractivity contribution in [2.45, 2.75) is 12.8 Å². The van der Waals surface area contributed by atoms with Crippen molar-refractivity contribution >= 4 is 64.8 Å². The highest BCUT2D eigenvalue weighted by molar-refractivity contribution is 7.27. The Morgan fingerprint density at radius 3 is 1.67 bits per heavy atom. The first-order valence-electron chi connectivity index (χ1n) is 18.5. The van der Waals surface area contributed by atoms with Gasteiger partial charge in [-0.05, 0) is 53.3 Å². The Balaban J connectivity index is 1.24. The van der Waals surface area contributed by atoms with Crippen molar-refractivity contribution < 1.29 is 0 Å². The lowest BCUT2D eigenvalue weighted by Crippen LogP contribution is -2.10. The van der Waals surface area contributed by atoms with Crippen LogP contribution in [-0.4, -0.2) is 14.5 Å². The molecule has 10 aromatic rings. The lowest BCUT2D eigenvalue weighted by Gasteiger charge is -2.18. The zero-order chi connectivity index (χ0) is 35.6. The lowest BCUT2D eigenvalue weighted by atomic mass is 9.89. The molecule has 0 atom stereocenters. The van der Waals surface area contributed by atoms with Crippen LogP contribution in [0.4, 0.5) is 0 Å². The molecule has 54 heavy (non-hydrogen) atoms. The van der Waals surface area contributed by atoms with E-state index in [-0.39, 0.29) is 0 Å². The topological polar surface area (TPSA) is 30.7 Å². The zero-order valence-electron chi connectivity index (χ0n) is 29.4. The Labute approximate surface area is 317 Å². The number of allylic oxidation sites excluding steroid dienone is 1. The smallest absolute Gasteiger partial charge is 0.235 e. The highest BCUT2D eigenvalue weighted by atomic mass is 32.1. The van der Waals surface area contributed by atoms with E-state index in [2.05, 4.69) is 181 Å². The monoisotopic (exact) mass is 707 g/mol. The summed E-state index contributed by atoms with van der Waals surface area (Å²) in [5.41, 5.74) is 12.7. The molecule has 3 aromatic heterocycles. The molecule has 254 valence electrons. The minimum absolute atomic E-state index is 0.703. The predicted molar refractivity (Wildman–Crippen MR) is 228 cm³/mol. The number of fused-ring (bicyclic) bond motifs is 10. The minimum Gasteiger partial charge on any atom is -0.281 e. The van der Waals surface area contributed by atoms with Crippen LogP contribution in [-0.2, 0) is 6.42 Å². The van der Waals surface area contributed by atoms with Crippen molar-refractivity contribution in [3.8, 4) is 39.6 Å². The van der Waals surface area contributed by atoms with Gasteiger partial charge in [0.1, 0.15) is 0 Å². The SMILES string of the molecule is C1=C(c2ccc(-c3ccccc3)cc2)CCc2c1c1c3c4ccccc4sc3c3ccccc3c1n2-c1nc(-c2ccccc2)cc(-c2ccccc2)n1. The third-order valence-corrected chi connectivity index (χ3v) is 12.2. The van der Waals surface area contributed by atoms with E-state index in [9.17, 15) is 0 Å². The van der Waals surface area contributed by atoms with Crippen LogP contribution in [0.15, 0.2) is 170 Å². The summed E-state index contributed by atoms with van der Waals surface area (Å²) in [6, 6.07) is 60.6. The molecule has 0 bridgehead atoms. The molecule has 0 unspecified atom stereocenters. The number of hydrogen-bond donors (Lipinski definition) is 0. The quantitative estimate of drug-likeness (QED) is 0.178. The highest BCUT2D eigenvalue weighted by Gasteiger charge is 2.28. The Hall–Kier alpha value is -6.62. The van der Waals surface area contributed by atoms with E-state index < -0.39 is 0 Å². The van der Waals surface area contributed by atoms with Crippen LogP contribution in [0.1, 0.15) is 23.2 Å². The van der Waals surface area contributed by atoms with Crippen molar-refractivity contribution in [3.05, 3.63) is 187 Å². The Morgan fingerprint density at radius 2 is 1.00 bits per heavy atom. The molecule has 0 amide bonds. The average Bonchev–Trinajstić information content (AvgIpc) is 3.81. The first-order valence-corrected chi connectivity index (χ1v) is 19.4. The number of hydrogen-bond acceptors (Lipinski definition) is 3. The molecule has 3 heterocycles. The van der Waals surface area contributed by atoms with Crippen molar-refractivity contribution in [3.63, 3.8) is 0 Å². The van der Waals surface area contributed by atoms with Gasteiger partial charge in [-0.15, -0.1) is 11.3 Å². The van der Waals surface area contributed by atoms with E-state index in [1.54, 1.807) is 0 Å². The molecule has 0 aliphatic heterocycles. The van der Waals surface area contributed by atoms with Crippen molar-refractivity contribution in [1.29, 1.82) is 0 Å². The molecule has 11 rings (SSSR count). The second kappa shape index (κ2) is 12.5. The molecule has 4 heteroatoms. The molecular formula is C50H33N3S.